The van der Waals surface area contributed by atoms with Crippen molar-refractivity contribution >= 4 is 0 Å². The van der Waals surface area contributed by atoms with Crippen LogP contribution in [-0.2, 0) is 17.7 Å². The number of hydrogen-bond acceptors (Lipinski definition) is 3. The van der Waals surface area contributed by atoms with E-state index in [1.807, 2.05) is 12.4 Å². The Hall–Kier alpha value is -0.870. The second kappa shape index (κ2) is 6.17. The molecular weight excluding hydrogens is 214 g/mol. The van der Waals surface area contributed by atoms with Gasteiger partial charge in [-0.05, 0) is 26.7 Å². The summed E-state index contributed by atoms with van der Waals surface area (Å²) >= 11 is 0. The lowest BCUT2D eigenvalue weighted by Crippen LogP contribution is -2.35. The number of aromatic nitrogens is 2. The van der Waals surface area contributed by atoms with Crippen LogP contribution in [0.2, 0.25) is 0 Å². The van der Waals surface area contributed by atoms with Crippen LogP contribution in [0, 0.1) is 0 Å². The lowest BCUT2D eigenvalue weighted by atomic mass is 9.97. The van der Waals surface area contributed by atoms with Crippen LogP contribution in [0.15, 0.2) is 12.4 Å². The minimum Gasteiger partial charge on any atom is -0.379 e. The fourth-order valence-corrected chi connectivity index (χ4v) is 2.00. The molecule has 0 radical (unpaired) electrons. The van der Waals surface area contributed by atoms with Crippen molar-refractivity contribution in [3.05, 3.63) is 18.2 Å². The third kappa shape index (κ3) is 4.48. The maximum atomic E-state index is 6.16. The molecule has 0 aliphatic carbocycles. The zero-order valence-electron chi connectivity index (χ0n) is 11.4. The highest BCUT2D eigenvalue weighted by atomic mass is 16.5. The standard InChI is InChI=1S/C13H25N3O/c1-5-7-16-8-6-15-12(16)9-11(14)10-13(2,3)17-4/h6,8,11H,5,7,9-10,14H2,1-4H3. The molecule has 0 aliphatic heterocycles. The molecule has 1 aromatic heterocycles. The molecule has 1 aromatic rings. The molecule has 0 amide bonds. The molecule has 2 N–H and O–H groups in total. The molecular formula is C13H25N3O. The molecule has 0 saturated heterocycles. The van der Waals surface area contributed by atoms with Crippen LogP contribution in [0.25, 0.3) is 0 Å². The van der Waals surface area contributed by atoms with Gasteiger partial charge in [0.25, 0.3) is 0 Å². The fourth-order valence-electron chi connectivity index (χ4n) is 2.00. The summed E-state index contributed by atoms with van der Waals surface area (Å²) in [6.07, 6.45) is 6.62. The number of aryl methyl sites for hydroxylation is 1. The molecule has 1 rings (SSSR count). The van der Waals surface area contributed by atoms with Gasteiger partial charge < -0.3 is 15.0 Å². The molecule has 4 heteroatoms. The van der Waals surface area contributed by atoms with Gasteiger partial charge in [0.2, 0.25) is 0 Å². The van der Waals surface area contributed by atoms with Gasteiger partial charge in [0.15, 0.2) is 0 Å². The topological polar surface area (TPSA) is 53.1 Å². The van der Waals surface area contributed by atoms with Gasteiger partial charge in [0.1, 0.15) is 5.82 Å². The summed E-state index contributed by atoms with van der Waals surface area (Å²) in [4.78, 5) is 4.37. The highest BCUT2D eigenvalue weighted by molar-refractivity contribution is 4.96. The third-order valence-corrected chi connectivity index (χ3v) is 3.02. The van der Waals surface area contributed by atoms with E-state index >= 15 is 0 Å². The van der Waals surface area contributed by atoms with E-state index in [2.05, 4.69) is 30.3 Å². The Labute approximate surface area is 104 Å². The second-order valence-electron chi connectivity index (χ2n) is 5.17. The van der Waals surface area contributed by atoms with Crippen LogP contribution in [0.4, 0.5) is 0 Å². The van der Waals surface area contributed by atoms with Crippen molar-refractivity contribution in [1.82, 2.24) is 9.55 Å². The minimum atomic E-state index is -0.165. The Bertz CT molecular complexity index is 333. The van der Waals surface area contributed by atoms with E-state index < -0.39 is 0 Å². The van der Waals surface area contributed by atoms with E-state index in [-0.39, 0.29) is 11.6 Å². The quantitative estimate of drug-likeness (QED) is 0.791. The molecule has 0 aromatic carbocycles. The summed E-state index contributed by atoms with van der Waals surface area (Å²) < 4.78 is 7.58. The van der Waals surface area contributed by atoms with Crippen molar-refractivity contribution < 1.29 is 4.74 Å². The van der Waals surface area contributed by atoms with Gasteiger partial charge in [-0.15, -0.1) is 0 Å². The number of nitrogens with zero attached hydrogens (tertiary/aromatic N) is 2. The molecule has 4 nitrogen and oxygen atoms in total. The lowest BCUT2D eigenvalue weighted by molar-refractivity contribution is 0.0100. The van der Waals surface area contributed by atoms with Crippen molar-refractivity contribution in [1.29, 1.82) is 0 Å². The van der Waals surface area contributed by atoms with Crippen LogP contribution >= 0.6 is 0 Å². The van der Waals surface area contributed by atoms with Gasteiger partial charge in [0, 0.05) is 38.5 Å². The number of ether oxygens (including phenoxy) is 1. The molecule has 0 saturated carbocycles. The van der Waals surface area contributed by atoms with Crippen LogP contribution in [-0.4, -0.2) is 28.3 Å². The molecule has 17 heavy (non-hydrogen) atoms. The van der Waals surface area contributed by atoms with Crippen molar-refractivity contribution in [2.24, 2.45) is 5.73 Å². The Balaban J connectivity index is 2.55. The van der Waals surface area contributed by atoms with E-state index in [9.17, 15) is 0 Å². The van der Waals surface area contributed by atoms with E-state index in [0.29, 0.717) is 0 Å². The SMILES string of the molecule is CCCn1ccnc1CC(N)CC(C)(C)OC. The molecule has 0 aliphatic rings. The van der Waals surface area contributed by atoms with Crippen LogP contribution in [0.5, 0.6) is 0 Å². The average molecular weight is 239 g/mol. The summed E-state index contributed by atoms with van der Waals surface area (Å²) in [6.45, 7) is 7.30. The van der Waals surface area contributed by atoms with Crippen molar-refractivity contribution in [3.63, 3.8) is 0 Å². The molecule has 1 unspecified atom stereocenters. The van der Waals surface area contributed by atoms with Crippen molar-refractivity contribution in [3.8, 4) is 0 Å². The Morgan fingerprint density at radius 3 is 2.82 bits per heavy atom. The average Bonchev–Trinajstić information content (AvgIpc) is 2.65. The van der Waals surface area contributed by atoms with E-state index in [4.69, 9.17) is 10.5 Å². The zero-order chi connectivity index (χ0) is 12.9. The third-order valence-electron chi connectivity index (χ3n) is 3.02. The molecule has 1 heterocycles. The molecule has 98 valence electrons. The lowest BCUT2D eigenvalue weighted by Gasteiger charge is -2.26. The first-order chi connectivity index (χ1) is 7.98. The van der Waals surface area contributed by atoms with E-state index in [1.165, 1.54) is 0 Å². The molecule has 0 fully saturated rings. The first kappa shape index (κ1) is 14.2. The summed E-state index contributed by atoms with van der Waals surface area (Å²) in [5.74, 6) is 1.08. The molecule has 0 spiro atoms. The monoisotopic (exact) mass is 239 g/mol. The first-order valence-electron chi connectivity index (χ1n) is 6.29. The normalized spacial score (nSPS) is 13.9. The maximum Gasteiger partial charge on any atom is 0.110 e. The summed E-state index contributed by atoms with van der Waals surface area (Å²) in [6, 6.07) is 0.0861. The van der Waals surface area contributed by atoms with Gasteiger partial charge in [-0.3, -0.25) is 0 Å². The number of rotatable bonds is 7. The van der Waals surface area contributed by atoms with Crippen molar-refractivity contribution in [2.45, 2.75) is 58.2 Å². The Morgan fingerprint density at radius 1 is 1.53 bits per heavy atom. The largest absolute Gasteiger partial charge is 0.379 e. The smallest absolute Gasteiger partial charge is 0.110 e. The van der Waals surface area contributed by atoms with Crippen LogP contribution < -0.4 is 5.73 Å². The predicted octanol–water partition coefficient (Wildman–Crippen LogP) is 1.98. The van der Waals surface area contributed by atoms with Gasteiger partial charge in [-0.25, -0.2) is 4.98 Å². The summed E-state index contributed by atoms with van der Waals surface area (Å²) in [7, 11) is 1.73. The number of imidazole rings is 1. The van der Waals surface area contributed by atoms with E-state index in [1.54, 1.807) is 7.11 Å². The number of hydrogen-bond donors (Lipinski definition) is 1. The number of methoxy groups -OCH3 is 1. The highest BCUT2D eigenvalue weighted by Crippen LogP contribution is 2.16. The van der Waals surface area contributed by atoms with Crippen LogP contribution in [0.3, 0.4) is 0 Å². The van der Waals surface area contributed by atoms with Gasteiger partial charge in [-0.1, -0.05) is 6.92 Å². The van der Waals surface area contributed by atoms with Gasteiger partial charge >= 0.3 is 0 Å². The second-order valence-corrected chi connectivity index (χ2v) is 5.17. The number of nitrogens with two attached hydrogens (primary N) is 1. The molecule has 0 bridgehead atoms. The Morgan fingerprint density at radius 2 is 2.24 bits per heavy atom. The predicted molar refractivity (Wildman–Crippen MR) is 69.9 cm³/mol. The fraction of sp³-hybridized carbons (Fsp3) is 0.769. The van der Waals surface area contributed by atoms with Gasteiger partial charge in [0.05, 0.1) is 5.60 Å². The van der Waals surface area contributed by atoms with Crippen LogP contribution in [0.1, 0.15) is 39.4 Å². The Kier molecular flexibility index (Phi) is 5.15. The van der Waals surface area contributed by atoms with E-state index in [0.717, 1.165) is 31.6 Å². The minimum absolute atomic E-state index is 0.0861. The first-order valence-corrected chi connectivity index (χ1v) is 6.29. The highest BCUT2D eigenvalue weighted by Gasteiger charge is 2.21. The van der Waals surface area contributed by atoms with Crippen molar-refractivity contribution in [2.75, 3.05) is 7.11 Å². The zero-order valence-corrected chi connectivity index (χ0v) is 11.4. The summed E-state index contributed by atoms with van der Waals surface area (Å²) in [5, 5.41) is 0. The van der Waals surface area contributed by atoms with Gasteiger partial charge in [-0.2, -0.15) is 0 Å². The molecule has 1 atom stereocenters. The summed E-state index contributed by atoms with van der Waals surface area (Å²) in [5.41, 5.74) is 5.99. The maximum absolute atomic E-state index is 6.16.